The highest BCUT2D eigenvalue weighted by Crippen LogP contribution is 2.26. The van der Waals surface area contributed by atoms with E-state index in [1.165, 1.54) is 12.8 Å². The molecule has 0 spiro atoms. The van der Waals surface area contributed by atoms with Gasteiger partial charge in [0.15, 0.2) is 0 Å². The van der Waals surface area contributed by atoms with Crippen molar-refractivity contribution in [2.75, 3.05) is 13.1 Å². The fourth-order valence-corrected chi connectivity index (χ4v) is 3.18. The maximum Gasteiger partial charge on any atom is 0.274 e. The van der Waals surface area contributed by atoms with E-state index in [0.717, 1.165) is 31.6 Å². The summed E-state index contributed by atoms with van der Waals surface area (Å²) in [6.07, 6.45) is 4.64. The first-order valence-electron chi connectivity index (χ1n) is 6.82. The van der Waals surface area contributed by atoms with Gasteiger partial charge in [0.2, 0.25) is 0 Å². The average Bonchev–Trinajstić information content (AvgIpc) is 3.08. The number of amides is 1. The van der Waals surface area contributed by atoms with E-state index in [2.05, 4.69) is 15.5 Å². The Hall–Kier alpha value is -1.36. The van der Waals surface area contributed by atoms with Gasteiger partial charge in [0.1, 0.15) is 5.69 Å². The molecular formula is C13H20N4O. The second-order valence-electron chi connectivity index (χ2n) is 5.35. The summed E-state index contributed by atoms with van der Waals surface area (Å²) in [6.45, 7) is 3.88. The normalized spacial score (nSPS) is 27.9. The smallest absolute Gasteiger partial charge is 0.274 e. The van der Waals surface area contributed by atoms with Crippen molar-refractivity contribution >= 4 is 5.91 Å². The predicted octanol–water partition coefficient (Wildman–Crippen LogP) is 1.07. The van der Waals surface area contributed by atoms with E-state index in [0.29, 0.717) is 17.8 Å². The molecule has 1 aromatic rings. The summed E-state index contributed by atoms with van der Waals surface area (Å²) in [7, 11) is 0. The number of likely N-dealkylation sites (tertiary alicyclic amines) is 1. The van der Waals surface area contributed by atoms with E-state index in [9.17, 15) is 4.79 Å². The second kappa shape index (κ2) is 4.72. The van der Waals surface area contributed by atoms with Crippen LogP contribution in [0.25, 0.3) is 0 Å². The molecule has 18 heavy (non-hydrogen) atoms. The zero-order valence-corrected chi connectivity index (χ0v) is 10.8. The van der Waals surface area contributed by atoms with Gasteiger partial charge < -0.3 is 10.2 Å². The maximum absolute atomic E-state index is 12.4. The minimum Gasteiger partial charge on any atom is -0.333 e. The number of carbonyl (C=O) groups excluding carboxylic acids is 1. The van der Waals surface area contributed by atoms with Crippen LogP contribution in [0.1, 0.15) is 41.9 Å². The molecule has 0 radical (unpaired) electrons. The lowest BCUT2D eigenvalue weighted by Crippen LogP contribution is -2.46. The maximum atomic E-state index is 12.4. The zero-order chi connectivity index (χ0) is 12.5. The lowest BCUT2D eigenvalue weighted by Gasteiger charge is -2.29. The summed E-state index contributed by atoms with van der Waals surface area (Å²) < 4.78 is 0. The first-order chi connectivity index (χ1) is 8.75. The van der Waals surface area contributed by atoms with Gasteiger partial charge in [0, 0.05) is 24.3 Å². The number of H-pyrrole nitrogens is 1. The van der Waals surface area contributed by atoms with Crippen molar-refractivity contribution in [2.45, 2.75) is 44.7 Å². The number of rotatable bonds is 2. The summed E-state index contributed by atoms with van der Waals surface area (Å²) >= 11 is 0. The Kier molecular flexibility index (Phi) is 3.07. The third kappa shape index (κ3) is 2.03. The number of nitrogens with zero attached hydrogens (tertiary/aromatic N) is 2. The minimum absolute atomic E-state index is 0.0792. The zero-order valence-electron chi connectivity index (χ0n) is 10.8. The standard InChI is InChI=1S/C13H20N4O/c1-9-8-11(16-15-9)13(18)17-7-3-5-12(17)10-4-2-6-14-10/h8,10,12,14H,2-7H2,1H3,(H,15,16). The van der Waals surface area contributed by atoms with Crippen molar-refractivity contribution in [1.82, 2.24) is 20.4 Å². The molecule has 1 aromatic heterocycles. The molecule has 5 nitrogen and oxygen atoms in total. The van der Waals surface area contributed by atoms with Crippen LogP contribution in [0.3, 0.4) is 0 Å². The van der Waals surface area contributed by atoms with E-state index in [4.69, 9.17) is 0 Å². The Labute approximate surface area is 107 Å². The van der Waals surface area contributed by atoms with E-state index >= 15 is 0 Å². The lowest BCUT2D eigenvalue weighted by molar-refractivity contribution is 0.0705. The predicted molar refractivity (Wildman–Crippen MR) is 68.4 cm³/mol. The number of aryl methyl sites for hydroxylation is 1. The molecule has 1 amide bonds. The van der Waals surface area contributed by atoms with E-state index in [1.807, 2.05) is 17.9 Å². The highest BCUT2D eigenvalue weighted by molar-refractivity contribution is 5.92. The van der Waals surface area contributed by atoms with E-state index in [-0.39, 0.29) is 5.91 Å². The average molecular weight is 248 g/mol. The van der Waals surface area contributed by atoms with E-state index < -0.39 is 0 Å². The third-order valence-corrected chi connectivity index (χ3v) is 4.05. The van der Waals surface area contributed by atoms with Crippen LogP contribution in [0.4, 0.5) is 0 Å². The van der Waals surface area contributed by atoms with Crippen LogP contribution in [-0.2, 0) is 0 Å². The molecule has 2 N–H and O–H groups in total. The second-order valence-corrected chi connectivity index (χ2v) is 5.35. The Morgan fingerprint density at radius 1 is 1.44 bits per heavy atom. The largest absolute Gasteiger partial charge is 0.333 e. The molecule has 2 aliphatic rings. The first kappa shape index (κ1) is 11.7. The van der Waals surface area contributed by atoms with Crippen LogP contribution >= 0.6 is 0 Å². The van der Waals surface area contributed by atoms with Crippen LogP contribution in [0.15, 0.2) is 6.07 Å². The molecule has 2 fully saturated rings. The van der Waals surface area contributed by atoms with Gasteiger partial charge >= 0.3 is 0 Å². The molecule has 0 saturated carbocycles. The van der Waals surface area contributed by atoms with Crippen molar-refractivity contribution in [1.29, 1.82) is 0 Å². The molecule has 2 aliphatic heterocycles. The lowest BCUT2D eigenvalue weighted by atomic mass is 10.0. The topological polar surface area (TPSA) is 61.0 Å². The fourth-order valence-electron chi connectivity index (χ4n) is 3.18. The van der Waals surface area contributed by atoms with Gasteiger partial charge in [-0.05, 0) is 45.2 Å². The van der Waals surface area contributed by atoms with Crippen LogP contribution in [0.2, 0.25) is 0 Å². The molecule has 0 aromatic carbocycles. The van der Waals surface area contributed by atoms with Gasteiger partial charge in [0.25, 0.3) is 5.91 Å². The van der Waals surface area contributed by atoms with Gasteiger partial charge in [0.05, 0.1) is 0 Å². The van der Waals surface area contributed by atoms with Crippen molar-refractivity contribution in [3.05, 3.63) is 17.5 Å². The van der Waals surface area contributed by atoms with Crippen molar-refractivity contribution in [3.8, 4) is 0 Å². The summed E-state index contributed by atoms with van der Waals surface area (Å²) in [6, 6.07) is 2.67. The summed E-state index contributed by atoms with van der Waals surface area (Å²) in [5.41, 5.74) is 1.49. The summed E-state index contributed by atoms with van der Waals surface area (Å²) in [4.78, 5) is 14.5. The number of hydrogen-bond donors (Lipinski definition) is 2. The van der Waals surface area contributed by atoms with Gasteiger partial charge in [-0.2, -0.15) is 5.10 Å². The Morgan fingerprint density at radius 2 is 2.33 bits per heavy atom. The molecule has 2 saturated heterocycles. The molecule has 2 atom stereocenters. The van der Waals surface area contributed by atoms with Crippen LogP contribution in [-0.4, -0.2) is 46.2 Å². The fraction of sp³-hybridized carbons (Fsp3) is 0.692. The van der Waals surface area contributed by atoms with Crippen molar-refractivity contribution < 1.29 is 4.79 Å². The van der Waals surface area contributed by atoms with Gasteiger partial charge in [-0.15, -0.1) is 0 Å². The van der Waals surface area contributed by atoms with Crippen molar-refractivity contribution in [3.63, 3.8) is 0 Å². The Morgan fingerprint density at radius 3 is 3.00 bits per heavy atom. The highest BCUT2D eigenvalue weighted by Gasteiger charge is 2.36. The van der Waals surface area contributed by atoms with Crippen LogP contribution in [0.5, 0.6) is 0 Å². The van der Waals surface area contributed by atoms with E-state index in [1.54, 1.807) is 0 Å². The number of hydrogen-bond acceptors (Lipinski definition) is 3. The van der Waals surface area contributed by atoms with Crippen molar-refractivity contribution in [2.24, 2.45) is 0 Å². The van der Waals surface area contributed by atoms with Crippen LogP contribution in [0, 0.1) is 6.92 Å². The minimum atomic E-state index is 0.0792. The Bertz CT molecular complexity index is 436. The third-order valence-electron chi connectivity index (χ3n) is 4.05. The molecule has 2 unspecified atom stereocenters. The molecule has 0 aliphatic carbocycles. The molecule has 5 heteroatoms. The molecular weight excluding hydrogens is 228 g/mol. The number of aromatic nitrogens is 2. The van der Waals surface area contributed by atoms with Crippen LogP contribution < -0.4 is 5.32 Å². The van der Waals surface area contributed by atoms with Gasteiger partial charge in [-0.3, -0.25) is 9.89 Å². The molecule has 0 bridgehead atoms. The molecule has 3 heterocycles. The number of nitrogens with one attached hydrogen (secondary N) is 2. The number of carbonyl (C=O) groups is 1. The highest BCUT2D eigenvalue weighted by atomic mass is 16.2. The van der Waals surface area contributed by atoms with Gasteiger partial charge in [-0.25, -0.2) is 0 Å². The Balaban J connectivity index is 1.75. The van der Waals surface area contributed by atoms with Gasteiger partial charge in [-0.1, -0.05) is 0 Å². The summed E-state index contributed by atoms with van der Waals surface area (Å²) in [5.74, 6) is 0.0792. The number of aromatic amines is 1. The first-order valence-corrected chi connectivity index (χ1v) is 6.82. The molecule has 3 rings (SSSR count). The summed E-state index contributed by atoms with van der Waals surface area (Å²) in [5, 5.41) is 10.4. The quantitative estimate of drug-likeness (QED) is 0.823. The SMILES string of the molecule is Cc1cc(C(=O)N2CCCC2C2CCCN2)n[nH]1. The molecule has 98 valence electrons. The monoisotopic (exact) mass is 248 g/mol.